The molecule has 0 spiro atoms. The lowest BCUT2D eigenvalue weighted by atomic mass is 10.1. The number of sulfonamides is 1. The van der Waals surface area contributed by atoms with Crippen LogP contribution < -0.4 is 4.72 Å². The number of unbranched alkanes of at least 4 members (excludes halogenated alkanes) is 1. The van der Waals surface area contributed by atoms with Crippen molar-refractivity contribution in [1.82, 2.24) is 4.72 Å². The van der Waals surface area contributed by atoms with Crippen molar-refractivity contribution < 1.29 is 22.7 Å². The van der Waals surface area contributed by atoms with Crippen LogP contribution in [-0.2, 0) is 14.8 Å². The van der Waals surface area contributed by atoms with Gasteiger partial charge in [-0.15, -0.1) is 0 Å². The van der Waals surface area contributed by atoms with Gasteiger partial charge < -0.3 is 5.11 Å². The Hall–Kier alpha value is -1.47. The molecule has 0 saturated carbocycles. The monoisotopic (exact) mass is 289 g/mol. The molecule has 0 aromatic heterocycles. The summed E-state index contributed by atoms with van der Waals surface area (Å²) in [5, 5.41) is 9.07. The van der Waals surface area contributed by atoms with Gasteiger partial charge in [-0.3, -0.25) is 9.18 Å². The molecule has 0 aliphatic rings. The maximum absolute atomic E-state index is 11.9. The van der Waals surface area contributed by atoms with Gasteiger partial charge in [0.1, 0.15) is 6.04 Å². The van der Waals surface area contributed by atoms with E-state index < -0.39 is 28.7 Å². The van der Waals surface area contributed by atoms with E-state index in [0.717, 1.165) is 0 Å². The number of benzene rings is 1. The number of nitrogens with one attached hydrogen (secondary N) is 1. The molecule has 0 radical (unpaired) electrons. The molecule has 106 valence electrons. The highest BCUT2D eigenvalue weighted by molar-refractivity contribution is 7.89. The number of aliphatic carboxylic acids is 1. The highest BCUT2D eigenvalue weighted by atomic mass is 32.2. The molecule has 0 unspecified atom stereocenters. The molecule has 1 aromatic rings. The van der Waals surface area contributed by atoms with Gasteiger partial charge in [0.2, 0.25) is 10.0 Å². The third-order valence-electron chi connectivity index (χ3n) is 2.47. The largest absolute Gasteiger partial charge is 0.480 e. The Balaban J connectivity index is 2.77. The number of carboxylic acids is 1. The molecule has 0 aliphatic carbocycles. The summed E-state index contributed by atoms with van der Waals surface area (Å²) < 4.78 is 37.4. The van der Waals surface area contributed by atoms with E-state index >= 15 is 0 Å². The molecule has 0 fully saturated rings. The topological polar surface area (TPSA) is 83.5 Å². The van der Waals surface area contributed by atoms with Gasteiger partial charge in [0.15, 0.2) is 0 Å². The number of hydrogen-bond donors (Lipinski definition) is 2. The fourth-order valence-corrected chi connectivity index (χ4v) is 2.83. The predicted molar refractivity (Wildman–Crippen MR) is 69.0 cm³/mol. The van der Waals surface area contributed by atoms with E-state index in [1.54, 1.807) is 18.2 Å². The van der Waals surface area contributed by atoms with E-state index in [1.807, 2.05) is 0 Å². The Morgan fingerprint density at radius 1 is 1.26 bits per heavy atom. The SMILES string of the molecule is O=C(O)[C@H](NS(=O)(=O)CCCCF)c1ccccc1. The zero-order chi connectivity index (χ0) is 14.3. The van der Waals surface area contributed by atoms with E-state index in [-0.39, 0.29) is 18.6 Å². The van der Waals surface area contributed by atoms with Gasteiger partial charge in [-0.05, 0) is 18.4 Å². The molecule has 7 heteroatoms. The number of carbonyl (C=O) groups is 1. The lowest BCUT2D eigenvalue weighted by molar-refractivity contribution is -0.139. The Labute approximate surface area is 111 Å². The van der Waals surface area contributed by atoms with Crippen molar-refractivity contribution in [3.63, 3.8) is 0 Å². The van der Waals surface area contributed by atoms with Gasteiger partial charge >= 0.3 is 5.97 Å². The zero-order valence-electron chi connectivity index (χ0n) is 10.3. The summed E-state index contributed by atoms with van der Waals surface area (Å²) in [5.74, 6) is -1.56. The van der Waals surface area contributed by atoms with Gasteiger partial charge in [-0.2, -0.15) is 4.72 Å². The quantitative estimate of drug-likeness (QED) is 0.710. The Bertz CT molecular complexity index is 504. The maximum Gasteiger partial charge on any atom is 0.326 e. The Kier molecular flexibility index (Phi) is 5.91. The van der Waals surface area contributed by atoms with Crippen LogP contribution in [0.3, 0.4) is 0 Å². The van der Waals surface area contributed by atoms with Crippen LogP contribution in [0.15, 0.2) is 30.3 Å². The van der Waals surface area contributed by atoms with E-state index in [2.05, 4.69) is 4.72 Å². The molecule has 0 bridgehead atoms. The van der Waals surface area contributed by atoms with Crippen molar-refractivity contribution in [2.45, 2.75) is 18.9 Å². The van der Waals surface area contributed by atoms with Crippen LogP contribution in [0.5, 0.6) is 0 Å². The van der Waals surface area contributed by atoms with Gasteiger partial charge in [0.25, 0.3) is 0 Å². The van der Waals surface area contributed by atoms with Crippen molar-refractivity contribution >= 4 is 16.0 Å². The highest BCUT2D eigenvalue weighted by Crippen LogP contribution is 2.14. The number of carboxylic acid groups (broad SMARTS) is 1. The second-order valence-corrected chi connectivity index (χ2v) is 5.89. The minimum atomic E-state index is -3.74. The minimum Gasteiger partial charge on any atom is -0.480 e. The van der Waals surface area contributed by atoms with Gasteiger partial charge in [-0.1, -0.05) is 30.3 Å². The molecule has 0 saturated heterocycles. The van der Waals surface area contributed by atoms with Crippen molar-refractivity contribution in [3.05, 3.63) is 35.9 Å². The number of halogens is 1. The Morgan fingerprint density at radius 2 is 1.89 bits per heavy atom. The van der Waals surface area contributed by atoms with Crippen molar-refractivity contribution in [3.8, 4) is 0 Å². The first-order chi connectivity index (χ1) is 8.96. The molecule has 19 heavy (non-hydrogen) atoms. The van der Waals surface area contributed by atoms with Crippen molar-refractivity contribution in [2.75, 3.05) is 12.4 Å². The smallest absolute Gasteiger partial charge is 0.326 e. The third-order valence-corrected chi connectivity index (χ3v) is 3.89. The van der Waals surface area contributed by atoms with Crippen LogP contribution >= 0.6 is 0 Å². The summed E-state index contributed by atoms with van der Waals surface area (Å²) in [6.45, 7) is -0.587. The predicted octanol–water partition coefficient (Wildman–Crippen LogP) is 1.48. The van der Waals surface area contributed by atoms with E-state index in [0.29, 0.717) is 5.56 Å². The molecule has 0 aliphatic heterocycles. The zero-order valence-corrected chi connectivity index (χ0v) is 11.1. The van der Waals surface area contributed by atoms with E-state index in [1.165, 1.54) is 12.1 Å². The summed E-state index contributed by atoms with van der Waals surface area (Å²) in [5.41, 5.74) is 0.351. The van der Waals surface area contributed by atoms with Crippen LogP contribution in [0, 0.1) is 0 Å². The van der Waals surface area contributed by atoms with Crippen LogP contribution in [-0.4, -0.2) is 31.9 Å². The van der Waals surface area contributed by atoms with E-state index in [9.17, 15) is 17.6 Å². The summed E-state index contributed by atoms with van der Waals surface area (Å²) in [6.07, 6.45) is 0.303. The maximum atomic E-state index is 11.9. The summed E-state index contributed by atoms with van der Waals surface area (Å²) >= 11 is 0. The lowest BCUT2D eigenvalue weighted by Crippen LogP contribution is -2.35. The van der Waals surface area contributed by atoms with Crippen LogP contribution in [0.4, 0.5) is 4.39 Å². The molecule has 1 rings (SSSR count). The average molecular weight is 289 g/mol. The molecule has 5 nitrogen and oxygen atoms in total. The Morgan fingerprint density at radius 3 is 2.42 bits per heavy atom. The molecule has 0 heterocycles. The molecule has 2 N–H and O–H groups in total. The fraction of sp³-hybridized carbons (Fsp3) is 0.417. The van der Waals surface area contributed by atoms with Gasteiger partial charge in [0.05, 0.1) is 12.4 Å². The van der Waals surface area contributed by atoms with E-state index in [4.69, 9.17) is 5.11 Å². The first-order valence-corrected chi connectivity index (χ1v) is 7.45. The summed E-state index contributed by atoms with van der Waals surface area (Å²) in [7, 11) is -3.74. The molecular weight excluding hydrogens is 273 g/mol. The van der Waals surface area contributed by atoms with Crippen LogP contribution in [0.25, 0.3) is 0 Å². The number of alkyl halides is 1. The lowest BCUT2D eigenvalue weighted by Gasteiger charge is -2.14. The average Bonchev–Trinajstić information content (AvgIpc) is 2.37. The molecule has 0 amide bonds. The van der Waals surface area contributed by atoms with Crippen LogP contribution in [0.2, 0.25) is 0 Å². The fourth-order valence-electron chi connectivity index (χ4n) is 1.53. The second-order valence-electron chi connectivity index (χ2n) is 4.01. The molecule has 1 atom stereocenters. The standard InChI is InChI=1S/C12H16FNO4S/c13-8-4-5-9-19(17,18)14-11(12(15)16)10-6-2-1-3-7-10/h1-3,6-7,11,14H,4-5,8-9H2,(H,15,16)/t11-/m1/s1. The third kappa shape index (κ3) is 5.35. The molecular formula is C12H16FNO4S. The first-order valence-electron chi connectivity index (χ1n) is 5.80. The number of rotatable bonds is 8. The summed E-state index contributed by atoms with van der Waals surface area (Å²) in [4.78, 5) is 11.1. The second kappa shape index (κ2) is 7.20. The minimum absolute atomic E-state index is 0.143. The van der Waals surface area contributed by atoms with Crippen molar-refractivity contribution in [2.24, 2.45) is 0 Å². The number of hydrogen-bond acceptors (Lipinski definition) is 3. The van der Waals surface area contributed by atoms with Gasteiger partial charge in [0, 0.05) is 0 Å². The summed E-state index contributed by atoms with van der Waals surface area (Å²) in [6, 6.07) is 6.70. The van der Waals surface area contributed by atoms with Crippen LogP contribution in [0.1, 0.15) is 24.4 Å². The van der Waals surface area contributed by atoms with Gasteiger partial charge in [-0.25, -0.2) is 8.42 Å². The van der Waals surface area contributed by atoms with Crippen molar-refractivity contribution in [1.29, 1.82) is 0 Å². The normalized spacial score (nSPS) is 13.1. The first kappa shape index (κ1) is 15.6. The highest BCUT2D eigenvalue weighted by Gasteiger charge is 2.25. The molecule has 1 aromatic carbocycles.